The maximum atomic E-state index is 14.2. The summed E-state index contributed by atoms with van der Waals surface area (Å²) in [5.74, 6) is -3.70. The summed E-state index contributed by atoms with van der Waals surface area (Å²) in [6, 6.07) is 17.9. The third-order valence-electron chi connectivity index (χ3n) is 7.36. The van der Waals surface area contributed by atoms with Gasteiger partial charge in [-0.05, 0) is 55.0 Å². The Hall–Kier alpha value is -5.51. The molecule has 1 fully saturated rings. The lowest BCUT2D eigenvalue weighted by Crippen LogP contribution is -2.59. The highest BCUT2D eigenvalue weighted by Crippen LogP contribution is 2.38. The van der Waals surface area contributed by atoms with Gasteiger partial charge in [-0.1, -0.05) is 36.4 Å². The van der Waals surface area contributed by atoms with E-state index in [1.54, 1.807) is 37.3 Å². The third-order valence-corrected chi connectivity index (χ3v) is 7.36. The van der Waals surface area contributed by atoms with Crippen molar-refractivity contribution in [2.45, 2.75) is 32.0 Å². The molecule has 2 unspecified atom stereocenters. The minimum Gasteiger partial charge on any atom is -0.400 e. The maximum absolute atomic E-state index is 14.2. The Morgan fingerprint density at radius 1 is 1.07 bits per heavy atom. The average molecular weight is 635 g/mol. The SMILES string of the molecule is CCN1C(=O)C(NC(=O)c2cccc(C(F)(F)F)c2)C(c2ccc(F)cc2)/C(=C(/N)CN(CC#N)C(C)=O)C1=Nc1ccccc1. The van der Waals surface area contributed by atoms with Crippen molar-refractivity contribution in [2.75, 3.05) is 19.6 Å². The highest BCUT2D eigenvalue weighted by molar-refractivity contribution is 6.15. The molecule has 0 spiro atoms. The van der Waals surface area contributed by atoms with E-state index in [9.17, 15) is 37.2 Å². The average Bonchev–Trinajstić information content (AvgIpc) is 3.02. The number of nitrogens with zero attached hydrogens (tertiary/aromatic N) is 4. The van der Waals surface area contributed by atoms with Crippen LogP contribution in [0.15, 0.2) is 95.1 Å². The van der Waals surface area contributed by atoms with Gasteiger partial charge in [-0.3, -0.25) is 19.3 Å². The van der Waals surface area contributed by atoms with E-state index in [1.165, 1.54) is 34.9 Å². The van der Waals surface area contributed by atoms with Gasteiger partial charge < -0.3 is 16.0 Å². The number of aliphatic imine (C=N–C) groups is 1. The number of benzene rings is 3. The van der Waals surface area contributed by atoms with E-state index in [2.05, 4.69) is 5.32 Å². The van der Waals surface area contributed by atoms with Crippen molar-refractivity contribution in [1.82, 2.24) is 15.1 Å². The van der Waals surface area contributed by atoms with Crippen molar-refractivity contribution in [3.63, 3.8) is 0 Å². The Kier molecular flexibility index (Phi) is 10.2. The summed E-state index contributed by atoms with van der Waals surface area (Å²) in [6.45, 7) is 2.40. The van der Waals surface area contributed by atoms with Crippen LogP contribution in [0.3, 0.4) is 0 Å². The fraction of sp³-hybridized carbons (Fsp3) is 0.242. The number of piperidine rings is 1. The van der Waals surface area contributed by atoms with Crippen molar-refractivity contribution in [2.24, 2.45) is 10.7 Å². The number of hydrogen-bond acceptors (Lipinski definition) is 6. The van der Waals surface area contributed by atoms with Gasteiger partial charge in [0.1, 0.15) is 24.2 Å². The van der Waals surface area contributed by atoms with E-state index in [-0.39, 0.29) is 42.3 Å². The monoisotopic (exact) mass is 634 g/mol. The molecule has 238 valence electrons. The molecule has 1 saturated heterocycles. The third kappa shape index (κ3) is 7.40. The molecule has 46 heavy (non-hydrogen) atoms. The highest BCUT2D eigenvalue weighted by atomic mass is 19.4. The van der Waals surface area contributed by atoms with Crippen molar-refractivity contribution < 1.29 is 31.9 Å². The van der Waals surface area contributed by atoms with Gasteiger partial charge >= 0.3 is 6.18 Å². The molecule has 1 aliphatic heterocycles. The second kappa shape index (κ2) is 14.1. The smallest absolute Gasteiger partial charge is 0.400 e. The van der Waals surface area contributed by atoms with Crippen LogP contribution in [-0.4, -0.2) is 59.0 Å². The Morgan fingerprint density at radius 3 is 2.33 bits per heavy atom. The molecule has 1 aliphatic rings. The van der Waals surface area contributed by atoms with Crippen molar-refractivity contribution in [3.05, 3.63) is 113 Å². The number of alkyl halides is 3. The number of likely N-dealkylation sites (tertiary alicyclic amines) is 1. The normalized spacial score (nSPS) is 18.6. The second-order valence-corrected chi connectivity index (χ2v) is 10.4. The van der Waals surface area contributed by atoms with Crippen molar-refractivity contribution in [3.8, 4) is 6.07 Å². The fourth-order valence-electron chi connectivity index (χ4n) is 5.15. The van der Waals surface area contributed by atoms with Gasteiger partial charge in [0.05, 0.1) is 23.9 Å². The van der Waals surface area contributed by atoms with Crippen molar-refractivity contribution >= 4 is 29.2 Å². The number of nitrogens with two attached hydrogens (primary N) is 1. The lowest BCUT2D eigenvalue weighted by molar-refractivity contribution is -0.137. The van der Waals surface area contributed by atoms with Crippen molar-refractivity contribution in [1.29, 1.82) is 5.26 Å². The van der Waals surface area contributed by atoms with Gasteiger partial charge in [0.25, 0.3) is 11.8 Å². The van der Waals surface area contributed by atoms with Gasteiger partial charge in [0.2, 0.25) is 5.91 Å². The standard InChI is InChI=1S/C33H30F4N6O3/c1-3-43-30(40-25-10-5-4-6-11-25)28(26(39)19-42(17-16-38)20(2)44)27(21-12-14-24(34)15-13-21)29(32(43)46)41-31(45)22-8-7-9-23(18-22)33(35,36)37/h4-15,18,27,29H,3,17,19,39H2,1-2H3,(H,41,45)/b28-26-,40-30?. The molecule has 3 N–H and O–H groups in total. The zero-order chi connectivity index (χ0) is 33.6. The number of likely N-dealkylation sites (N-methyl/N-ethyl adjacent to an activating group) is 1. The number of nitrogens with one attached hydrogen (secondary N) is 1. The molecular formula is C33H30F4N6O3. The van der Waals surface area contributed by atoms with Crippen LogP contribution in [0.2, 0.25) is 0 Å². The summed E-state index contributed by atoms with van der Waals surface area (Å²) < 4.78 is 54.4. The number of para-hydroxylation sites is 1. The zero-order valence-corrected chi connectivity index (χ0v) is 24.9. The molecule has 0 saturated carbocycles. The zero-order valence-electron chi connectivity index (χ0n) is 24.9. The number of amides is 3. The molecule has 3 aromatic rings. The summed E-state index contributed by atoms with van der Waals surface area (Å²) >= 11 is 0. The van der Waals surface area contributed by atoms with Crippen LogP contribution in [0, 0.1) is 17.1 Å². The van der Waals surface area contributed by atoms with E-state index in [4.69, 9.17) is 10.7 Å². The molecule has 2 atom stereocenters. The van der Waals surface area contributed by atoms with E-state index in [1.807, 2.05) is 6.07 Å². The van der Waals surface area contributed by atoms with Gasteiger partial charge in [0, 0.05) is 36.2 Å². The Labute approximate surface area is 262 Å². The predicted molar refractivity (Wildman–Crippen MR) is 162 cm³/mol. The quantitative estimate of drug-likeness (QED) is 0.269. The molecule has 0 bridgehead atoms. The van der Waals surface area contributed by atoms with Crippen LogP contribution >= 0.6 is 0 Å². The van der Waals surface area contributed by atoms with Crippen LogP contribution in [-0.2, 0) is 15.8 Å². The van der Waals surface area contributed by atoms with Crippen LogP contribution < -0.4 is 11.1 Å². The number of carbonyl (C=O) groups excluding carboxylic acids is 3. The minimum atomic E-state index is -4.72. The lowest BCUT2D eigenvalue weighted by Gasteiger charge is -2.41. The van der Waals surface area contributed by atoms with Crippen LogP contribution in [0.25, 0.3) is 0 Å². The fourth-order valence-corrected chi connectivity index (χ4v) is 5.15. The first-order valence-electron chi connectivity index (χ1n) is 14.2. The summed E-state index contributed by atoms with van der Waals surface area (Å²) in [5, 5.41) is 11.9. The molecular weight excluding hydrogens is 604 g/mol. The van der Waals surface area contributed by atoms with Gasteiger partial charge in [-0.25, -0.2) is 9.38 Å². The Balaban J connectivity index is 1.96. The molecule has 3 amide bonds. The topological polar surface area (TPSA) is 132 Å². The first-order valence-corrected chi connectivity index (χ1v) is 14.2. The van der Waals surface area contributed by atoms with Gasteiger partial charge in [-0.15, -0.1) is 0 Å². The minimum absolute atomic E-state index is 0.0266. The number of amidine groups is 1. The molecule has 4 rings (SSSR count). The first kappa shape index (κ1) is 33.4. The second-order valence-electron chi connectivity index (χ2n) is 10.4. The van der Waals surface area contributed by atoms with Gasteiger partial charge in [0.15, 0.2) is 0 Å². The van der Waals surface area contributed by atoms with Crippen LogP contribution in [0.1, 0.15) is 41.3 Å². The number of nitriles is 1. The Morgan fingerprint density at radius 2 is 1.74 bits per heavy atom. The molecule has 9 nitrogen and oxygen atoms in total. The number of halogens is 4. The first-order chi connectivity index (χ1) is 21.8. The maximum Gasteiger partial charge on any atom is 0.416 e. The van der Waals surface area contributed by atoms with E-state index in [0.717, 1.165) is 24.3 Å². The largest absolute Gasteiger partial charge is 0.416 e. The summed E-state index contributed by atoms with van der Waals surface area (Å²) in [4.78, 5) is 47.2. The summed E-state index contributed by atoms with van der Waals surface area (Å²) in [6.07, 6.45) is -4.72. The van der Waals surface area contributed by atoms with E-state index >= 15 is 0 Å². The number of hydrogen-bond donors (Lipinski definition) is 2. The highest BCUT2D eigenvalue weighted by Gasteiger charge is 2.46. The molecule has 0 aliphatic carbocycles. The molecule has 13 heteroatoms. The summed E-state index contributed by atoms with van der Waals surface area (Å²) in [7, 11) is 0. The Bertz CT molecular complexity index is 1720. The van der Waals surface area contributed by atoms with Crippen LogP contribution in [0.5, 0.6) is 0 Å². The molecule has 0 aromatic heterocycles. The summed E-state index contributed by atoms with van der Waals surface area (Å²) in [5.41, 5.74) is 6.30. The van der Waals surface area contributed by atoms with Gasteiger partial charge in [-0.2, -0.15) is 18.4 Å². The van der Waals surface area contributed by atoms with Crippen LogP contribution in [0.4, 0.5) is 23.2 Å². The molecule has 1 heterocycles. The van der Waals surface area contributed by atoms with E-state index < -0.39 is 47.2 Å². The molecule has 3 aromatic carbocycles. The molecule has 0 radical (unpaired) electrons. The number of carbonyl (C=O) groups is 3. The number of rotatable bonds is 8. The predicted octanol–water partition coefficient (Wildman–Crippen LogP) is 4.90. The van der Waals surface area contributed by atoms with E-state index in [0.29, 0.717) is 17.3 Å². The lowest BCUT2D eigenvalue weighted by atomic mass is 9.78.